The molecule has 19 heavy (non-hydrogen) atoms. The smallest absolute Gasteiger partial charge is 0.299 e. The van der Waals surface area contributed by atoms with Crippen LogP contribution in [0.5, 0.6) is 0 Å². The Balaban J connectivity index is 1.94. The van der Waals surface area contributed by atoms with Crippen LogP contribution in [0.25, 0.3) is 0 Å². The Kier molecular flexibility index (Phi) is 4.79. The summed E-state index contributed by atoms with van der Waals surface area (Å²) in [4.78, 5) is 2.02. The summed E-state index contributed by atoms with van der Waals surface area (Å²) in [5.74, 6) is -1.15. The minimum atomic E-state index is -4.06. The second kappa shape index (κ2) is 6.02. The molecule has 1 heterocycles. The van der Waals surface area contributed by atoms with Crippen molar-refractivity contribution in [1.29, 1.82) is 0 Å². The highest BCUT2D eigenvalue weighted by Crippen LogP contribution is 2.34. The number of hydrogen-bond acceptors (Lipinski definition) is 1. The minimum absolute atomic E-state index is 0.176. The molecule has 2 rings (SSSR count). The molecule has 0 amide bonds. The molecule has 1 aromatic rings. The number of nitrogens with zero attached hydrogens (tertiary/aromatic N) is 1. The normalized spacial score (nSPS) is 18.8. The molecule has 1 nitrogen and oxygen atoms in total. The first kappa shape index (κ1) is 15.1. The minimum Gasteiger partial charge on any atom is -0.299 e. The van der Waals surface area contributed by atoms with Crippen LogP contribution >= 0.6 is 27.5 Å². The van der Waals surface area contributed by atoms with Gasteiger partial charge in [-0.3, -0.25) is 4.90 Å². The van der Waals surface area contributed by atoms with E-state index in [4.69, 9.17) is 11.6 Å². The number of hydrogen-bond donors (Lipinski definition) is 0. The fourth-order valence-electron chi connectivity index (χ4n) is 2.32. The van der Waals surface area contributed by atoms with E-state index in [1.54, 1.807) is 6.07 Å². The third-order valence-corrected chi connectivity index (χ3v) is 4.31. The van der Waals surface area contributed by atoms with Crippen LogP contribution in [-0.2, 0) is 6.54 Å². The number of alkyl halides is 3. The van der Waals surface area contributed by atoms with E-state index in [-0.39, 0.29) is 12.8 Å². The predicted octanol–water partition coefficient (Wildman–Crippen LogP) is 4.88. The molecule has 1 saturated heterocycles. The summed E-state index contributed by atoms with van der Waals surface area (Å²) in [6.07, 6.45) is -3.70. The lowest BCUT2D eigenvalue weighted by Crippen LogP contribution is -2.38. The molecule has 0 N–H and O–H groups in total. The summed E-state index contributed by atoms with van der Waals surface area (Å²) in [5.41, 5.74) is 0.946. The van der Waals surface area contributed by atoms with E-state index >= 15 is 0 Å². The van der Waals surface area contributed by atoms with Crippen LogP contribution in [0.3, 0.4) is 0 Å². The van der Waals surface area contributed by atoms with E-state index < -0.39 is 12.1 Å². The molecular formula is C13H14BrClF3N. The highest BCUT2D eigenvalue weighted by Gasteiger charge is 2.40. The van der Waals surface area contributed by atoms with Crippen LogP contribution in [0.2, 0.25) is 5.02 Å². The summed E-state index contributed by atoms with van der Waals surface area (Å²) in [6, 6.07) is 5.56. The van der Waals surface area contributed by atoms with Gasteiger partial charge in [0.1, 0.15) is 0 Å². The van der Waals surface area contributed by atoms with Gasteiger partial charge in [-0.25, -0.2) is 0 Å². The van der Waals surface area contributed by atoms with Crippen LogP contribution in [0.4, 0.5) is 13.2 Å². The van der Waals surface area contributed by atoms with Gasteiger partial charge in [0, 0.05) is 16.0 Å². The van der Waals surface area contributed by atoms with Gasteiger partial charge in [0.25, 0.3) is 0 Å². The second-order valence-electron chi connectivity index (χ2n) is 4.83. The quantitative estimate of drug-likeness (QED) is 0.730. The average Bonchev–Trinajstić information content (AvgIpc) is 2.33. The molecular weight excluding hydrogens is 343 g/mol. The molecule has 0 unspecified atom stereocenters. The van der Waals surface area contributed by atoms with Crippen molar-refractivity contribution >= 4 is 27.5 Å². The summed E-state index contributed by atoms with van der Waals surface area (Å²) < 4.78 is 38.6. The molecule has 0 atom stereocenters. The highest BCUT2D eigenvalue weighted by molar-refractivity contribution is 9.10. The Bertz CT molecular complexity index is 442. The maximum Gasteiger partial charge on any atom is 0.391 e. The lowest BCUT2D eigenvalue weighted by atomic mass is 9.96. The van der Waals surface area contributed by atoms with Crippen molar-refractivity contribution in [2.75, 3.05) is 13.1 Å². The van der Waals surface area contributed by atoms with Gasteiger partial charge < -0.3 is 0 Å². The van der Waals surface area contributed by atoms with E-state index in [2.05, 4.69) is 15.9 Å². The van der Waals surface area contributed by atoms with Gasteiger partial charge in [0.2, 0.25) is 0 Å². The van der Waals surface area contributed by atoms with Crippen LogP contribution in [0, 0.1) is 5.92 Å². The van der Waals surface area contributed by atoms with Crippen LogP contribution in [0.15, 0.2) is 22.7 Å². The van der Waals surface area contributed by atoms with Crippen molar-refractivity contribution in [1.82, 2.24) is 4.90 Å². The van der Waals surface area contributed by atoms with Gasteiger partial charge in [-0.15, -0.1) is 0 Å². The van der Waals surface area contributed by atoms with Gasteiger partial charge >= 0.3 is 6.18 Å². The number of halogens is 5. The number of piperidine rings is 1. The third kappa shape index (κ3) is 4.10. The molecule has 0 bridgehead atoms. The zero-order valence-corrected chi connectivity index (χ0v) is 12.5. The lowest BCUT2D eigenvalue weighted by molar-refractivity contribution is -0.185. The van der Waals surface area contributed by atoms with Crippen molar-refractivity contribution in [3.8, 4) is 0 Å². The summed E-state index contributed by atoms with van der Waals surface area (Å²) in [7, 11) is 0. The maximum atomic E-state index is 12.6. The summed E-state index contributed by atoms with van der Waals surface area (Å²) in [6.45, 7) is 1.53. The first-order chi connectivity index (χ1) is 8.86. The van der Waals surface area contributed by atoms with Crippen LogP contribution in [0.1, 0.15) is 18.4 Å². The molecule has 1 aliphatic heterocycles. The predicted molar refractivity (Wildman–Crippen MR) is 73.2 cm³/mol. The van der Waals surface area contributed by atoms with Crippen molar-refractivity contribution in [2.45, 2.75) is 25.6 Å². The van der Waals surface area contributed by atoms with Gasteiger partial charge in [0.05, 0.1) is 5.92 Å². The molecule has 1 fully saturated rings. The Hall–Kier alpha value is -0.260. The Morgan fingerprint density at radius 2 is 1.89 bits per heavy atom. The number of benzene rings is 1. The third-order valence-electron chi connectivity index (χ3n) is 3.45. The Morgan fingerprint density at radius 1 is 1.26 bits per heavy atom. The molecule has 0 radical (unpaired) electrons. The van der Waals surface area contributed by atoms with E-state index in [1.165, 1.54) is 0 Å². The second-order valence-corrected chi connectivity index (χ2v) is 6.15. The largest absolute Gasteiger partial charge is 0.391 e. The van der Waals surface area contributed by atoms with Gasteiger partial charge in [-0.2, -0.15) is 13.2 Å². The molecule has 1 aromatic carbocycles. The van der Waals surface area contributed by atoms with E-state index in [1.807, 2.05) is 17.0 Å². The first-order valence-electron chi connectivity index (χ1n) is 6.09. The van der Waals surface area contributed by atoms with E-state index in [0.29, 0.717) is 24.7 Å². The Morgan fingerprint density at radius 3 is 2.47 bits per heavy atom. The van der Waals surface area contributed by atoms with Crippen LogP contribution < -0.4 is 0 Å². The van der Waals surface area contributed by atoms with Crippen molar-refractivity contribution in [2.24, 2.45) is 5.92 Å². The standard InChI is InChI=1S/C13H14BrClF3N/c14-11-1-2-12(15)9(7-11)8-19-5-3-10(4-6-19)13(16,17)18/h1-2,7,10H,3-6,8H2. The first-order valence-corrected chi connectivity index (χ1v) is 7.26. The zero-order valence-electron chi connectivity index (χ0n) is 10.2. The van der Waals surface area contributed by atoms with Crippen molar-refractivity contribution in [3.05, 3.63) is 33.3 Å². The average molecular weight is 357 g/mol. The topological polar surface area (TPSA) is 3.24 Å². The molecule has 1 aliphatic rings. The van der Waals surface area contributed by atoms with Gasteiger partial charge in [0.15, 0.2) is 0 Å². The van der Waals surface area contributed by atoms with Crippen molar-refractivity contribution < 1.29 is 13.2 Å². The number of likely N-dealkylation sites (tertiary alicyclic amines) is 1. The molecule has 0 spiro atoms. The molecule has 0 saturated carbocycles. The zero-order chi connectivity index (χ0) is 14.0. The Labute approximate surface area is 123 Å². The monoisotopic (exact) mass is 355 g/mol. The molecule has 0 aromatic heterocycles. The van der Waals surface area contributed by atoms with Crippen molar-refractivity contribution in [3.63, 3.8) is 0 Å². The fraction of sp³-hybridized carbons (Fsp3) is 0.538. The fourth-order valence-corrected chi connectivity index (χ4v) is 2.91. The molecule has 6 heteroatoms. The maximum absolute atomic E-state index is 12.6. The lowest BCUT2D eigenvalue weighted by Gasteiger charge is -2.33. The van der Waals surface area contributed by atoms with E-state index in [9.17, 15) is 13.2 Å². The van der Waals surface area contributed by atoms with Gasteiger partial charge in [-0.1, -0.05) is 27.5 Å². The summed E-state index contributed by atoms with van der Waals surface area (Å²) >= 11 is 9.46. The molecule has 0 aliphatic carbocycles. The highest BCUT2D eigenvalue weighted by atomic mass is 79.9. The summed E-state index contributed by atoms with van der Waals surface area (Å²) in [5, 5.41) is 0.654. The van der Waals surface area contributed by atoms with E-state index in [0.717, 1.165) is 10.0 Å². The van der Waals surface area contributed by atoms with Crippen LogP contribution in [-0.4, -0.2) is 24.2 Å². The van der Waals surface area contributed by atoms with Gasteiger partial charge in [-0.05, 0) is 49.7 Å². The number of rotatable bonds is 2. The molecule has 106 valence electrons. The SMILES string of the molecule is FC(F)(F)C1CCN(Cc2cc(Br)ccc2Cl)CC1.